The second-order valence-electron chi connectivity index (χ2n) is 3.48. The number of carbonyl (C=O) groups is 1. The maximum Gasteiger partial charge on any atom is 0.230 e. The standard InChI is InChI=1S/C10H12N6OS2/c11-8-14-9(12)16-10(15-8)19-5-7(17)13-4-6-2-1-3-18-6/h1-3H,4-5H2,(H,13,17)(H4,11,12,14,15,16). The number of hydrogen-bond donors (Lipinski definition) is 3. The van der Waals surface area contributed by atoms with E-state index in [4.69, 9.17) is 11.5 Å². The number of thioether (sulfide) groups is 1. The molecule has 0 fully saturated rings. The molecule has 100 valence electrons. The van der Waals surface area contributed by atoms with Crippen molar-refractivity contribution in [2.24, 2.45) is 0 Å². The fourth-order valence-electron chi connectivity index (χ4n) is 1.23. The zero-order chi connectivity index (χ0) is 13.7. The van der Waals surface area contributed by atoms with E-state index in [0.717, 1.165) is 16.6 Å². The molecule has 5 N–H and O–H groups in total. The van der Waals surface area contributed by atoms with Crippen LogP contribution >= 0.6 is 23.1 Å². The second kappa shape index (κ2) is 6.34. The van der Waals surface area contributed by atoms with Gasteiger partial charge in [-0.3, -0.25) is 4.79 Å². The van der Waals surface area contributed by atoms with Crippen LogP contribution in [0.2, 0.25) is 0 Å². The number of rotatable bonds is 5. The molecule has 0 aliphatic carbocycles. The highest BCUT2D eigenvalue weighted by Crippen LogP contribution is 2.14. The van der Waals surface area contributed by atoms with Crippen molar-refractivity contribution >= 4 is 40.9 Å². The average molecular weight is 296 g/mol. The summed E-state index contributed by atoms with van der Waals surface area (Å²) in [5, 5.41) is 5.11. The number of nitrogens with two attached hydrogens (primary N) is 2. The third-order valence-electron chi connectivity index (χ3n) is 2.02. The van der Waals surface area contributed by atoms with Gasteiger partial charge in [0, 0.05) is 4.88 Å². The zero-order valence-corrected chi connectivity index (χ0v) is 11.5. The lowest BCUT2D eigenvalue weighted by Gasteiger charge is -2.03. The van der Waals surface area contributed by atoms with Crippen LogP contribution in [0.15, 0.2) is 22.7 Å². The molecule has 2 rings (SSSR count). The van der Waals surface area contributed by atoms with Crippen molar-refractivity contribution in [3.8, 4) is 0 Å². The minimum absolute atomic E-state index is 0.0500. The first-order valence-corrected chi connectivity index (χ1v) is 7.19. The molecule has 0 aromatic carbocycles. The minimum Gasteiger partial charge on any atom is -0.368 e. The van der Waals surface area contributed by atoms with Crippen LogP contribution in [0.4, 0.5) is 11.9 Å². The summed E-state index contributed by atoms with van der Waals surface area (Å²) >= 11 is 2.76. The fraction of sp³-hybridized carbons (Fsp3) is 0.200. The fourth-order valence-corrected chi connectivity index (χ4v) is 2.56. The van der Waals surface area contributed by atoms with Gasteiger partial charge in [0.05, 0.1) is 12.3 Å². The lowest BCUT2D eigenvalue weighted by molar-refractivity contribution is -0.118. The number of nitrogens with zero attached hydrogens (tertiary/aromatic N) is 3. The molecule has 2 aromatic rings. The summed E-state index contributed by atoms with van der Waals surface area (Å²) in [6.45, 7) is 0.526. The molecule has 0 saturated carbocycles. The van der Waals surface area contributed by atoms with E-state index in [0.29, 0.717) is 11.7 Å². The lowest BCUT2D eigenvalue weighted by Crippen LogP contribution is -2.24. The summed E-state index contributed by atoms with van der Waals surface area (Å²) in [6.07, 6.45) is 0. The summed E-state index contributed by atoms with van der Waals surface area (Å²) in [7, 11) is 0. The summed E-state index contributed by atoms with van der Waals surface area (Å²) in [5.74, 6) is 0.202. The molecule has 19 heavy (non-hydrogen) atoms. The molecule has 0 unspecified atom stereocenters. The van der Waals surface area contributed by atoms with Crippen molar-refractivity contribution in [2.45, 2.75) is 11.7 Å². The van der Waals surface area contributed by atoms with Gasteiger partial charge in [0.15, 0.2) is 5.16 Å². The largest absolute Gasteiger partial charge is 0.368 e. The Labute approximate surface area is 117 Å². The van der Waals surface area contributed by atoms with Crippen molar-refractivity contribution < 1.29 is 4.79 Å². The van der Waals surface area contributed by atoms with Crippen molar-refractivity contribution in [3.63, 3.8) is 0 Å². The number of carbonyl (C=O) groups excluding carboxylic acids is 1. The Morgan fingerprint density at radius 3 is 2.68 bits per heavy atom. The van der Waals surface area contributed by atoms with Gasteiger partial charge in [-0.15, -0.1) is 11.3 Å². The van der Waals surface area contributed by atoms with Crippen molar-refractivity contribution in [3.05, 3.63) is 22.4 Å². The molecule has 1 amide bonds. The van der Waals surface area contributed by atoms with Crippen molar-refractivity contribution in [1.82, 2.24) is 20.3 Å². The molecule has 0 saturated heterocycles. The molecular weight excluding hydrogens is 284 g/mol. The van der Waals surface area contributed by atoms with Crippen LogP contribution in [0.25, 0.3) is 0 Å². The van der Waals surface area contributed by atoms with Gasteiger partial charge < -0.3 is 16.8 Å². The first-order chi connectivity index (χ1) is 9.13. The number of nitrogens with one attached hydrogen (secondary N) is 1. The van der Waals surface area contributed by atoms with Crippen LogP contribution in [-0.2, 0) is 11.3 Å². The average Bonchev–Trinajstić information content (AvgIpc) is 2.86. The van der Waals surface area contributed by atoms with Crippen LogP contribution in [0.3, 0.4) is 0 Å². The topological polar surface area (TPSA) is 120 Å². The molecule has 0 aliphatic heterocycles. The molecule has 0 radical (unpaired) electrons. The highest BCUT2D eigenvalue weighted by Gasteiger charge is 2.07. The Balaban J connectivity index is 1.79. The van der Waals surface area contributed by atoms with Gasteiger partial charge in [-0.25, -0.2) is 0 Å². The van der Waals surface area contributed by atoms with Crippen LogP contribution in [0.5, 0.6) is 0 Å². The van der Waals surface area contributed by atoms with Crippen LogP contribution < -0.4 is 16.8 Å². The number of nitrogen functional groups attached to an aromatic ring is 2. The van der Waals surface area contributed by atoms with Crippen molar-refractivity contribution in [1.29, 1.82) is 0 Å². The van der Waals surface area contributed by atoms with Gasteiger partial charge >= 0.3 is 0 Å². The number of hydrogen-bond acceptors (Lipinski definition) is 8. The molecule has 2 heterocycles. The third-order valence-corrected chi connectivity index (χ3v) is 3.75. The number of amides is 1. The van der Waals surface area contributed by atoms with E-state index in [1.807, 2.05) is 17.5 Å². The SMILES string of the molecule is Nc1nc(N)nc(SCC(=O)NCc2cccs2)n1. The molecule has 9 heteroatoms. The minimum atomic E-state index is -0.101. The monoisotopic (exact) mass is 296 g/mol. The number of thiophene rings is 1. The molecule has 0 spiro atoms. The highest BCUT2D eigenvalue weighted by atomic mass is 32.2. The van der Waals surface area contributed by atoms with Gasteiger partial charge in [-0.05, 0) is 11.4 Å². The maximum absolute atomic E-state index is 11.6. The smallest absolute Gasteiger partial charge is 0.230 e. The van der Waals surface area contributed by atoms with Gasteiger partial charge in [0.2, 0.25) is 17.8 Å². The van der Waals surface area contributed by atoms with Crippen LogP contribution in [-0.4, -0.2) is 26.6 Å². The van der Waals surface area contributed by atoms with Crippen molar-refractivity contribution in [2.75, 3.05) is 17.2 Å². The molecule has 0 bridgehead atoms. The molecular formula is C10H12N6OS2. The predicted octanol–water partition coefficient (Wildman–Crippen LogP) is 0.506. The highest BCUT2D eigenvalue weighted by molar-refractivity contribution is 7.99. The Kier molecular flexibility index (Phi) is 4.53. The van der Waals surface area contributed by atoms with E-state index in [-0.39, 0.29) is 23.6 Å². The summed E-state index contributed by atoms with van der Waals surface area (Å²) < 4.78 is 0. The van der Waals surface area contributed by atoms with E-state index in [9.17, 15) is 4.79 Å². The first kappa shape index (κ1) is 13.6. The van der Waals surface area contributed by atoms with Crippen LogP contribution in [0.1, 0.15) is 4.88 Å². The Bertz CT molecular complexity index is 539. The molecule has 2 aromatic heterocycles. The third kappa shape index (κ3) is 4.38. The normalized spacial score (nSPS) is 10.3. The Morgan fingerprint density at radius 2 is 2.05 bits per heavy atom. The predicted molar refractivity (Wildman–Crippen MR) is 75.5 cm³/mol. The first-order valence-electron chi connectivity index (χ1n) is 5.32. The summed E-state index contributed by atoms with van der Waals surface area (Å²) in [4.78, 5) is 24.1. The summed E-state index contributed by atoms with van der Waals surface area (Å²) in [5.41, 5.74) is 10.9. The molecule has 0 atom stereocenters. The second-order valence-corrected chi connectivity index (χ2v) is 5.45. The number of anilines is 2. The zero-order valence-electron chi connectivity index (χ0n) is 9.87. The van der Waals surface area contributed by atoms with Gasteiger partial charge in [-0.1, -0.05) is 17.8 Å². The maximum atomic E-state index is 11.6. The summed E-state index contributed by atoms with van der Waals surface area (Å²) in [6, 6.07) is 3.91. The van der Waals surface area contributed by atoms with E-state index in [1.54, 1.807) is 11.3 Å². The van der Waals surface area contributed by atoms with Gasteiger partial charge in [-0.2, -0.15) is 15.0 Å². The number of aromatic nitrogens is 3. The van der Waals surface area contributed by atoms with E-state index in [1.165, 1.54) is 0 Å². The molecule has 7 nitrogen and oxygen atoms in total. The van der Waals surface area contributed by atoms with E-state index in [2.05, 4.69) is 20.3 Å². The molecule has 0 aliphatic rings. The van der Waals surface area contributed by atoms with Gasteiger partial charge in [0.25, 0.3) is 0 Å². The van der Waals surface area contributed by atoms with E-state index >= 15 is 0 Å². The quantitative estimate of drug-likeness (QED) is 0.687. The van der Waals surface area contributed by atoms with Gasteiger partial charge in [0.1, 0.15) is 0 Å². The Hall–Kier alpha value is -1.87. The van der Waals surface area contributed by atoms with Crippen LogP contribution in [0, 0.1) is 0 Å². The lowest BCUT2D eigenvalue weighted by atomic mass is 10.4. The van der Waals surface area contributed by atoms with E-state index < -0.39 is 0 Å². The Morgan fingerprint density at radius 1 is 1.32 bits per heavy atom.